The summed E-state index contributed by atoms with van der Waals surface area (Å²) < 4.78 is 23.1. The predicted octanol–water partition coefficient (Wildman–Crippen LogP) is 0.995. The zero-order valence-electron chi connectivity index (χ0n) is 14.4. The standard InChI is InChI=1S/C16H32N4O2S/c1-2-17-16(19-15-8-13-23(21,22)14-15)18-9-7-12-20-10-5-3-4-6-11-20/h15H,2-14H2,1H3,(H2,17,18,19). The van der Waals surface area contributed by atoms with Gasteiger partial charge in [-0.15, -0.1) is 0 Å². The normalized spacial score (nSPS) is 26.0. The first-order valence-electron chi connectivity index (χ1n) is 9.07. The Morgan fingerprint density at radius 2 is 1.96 bits per heavy atom. The third-order valence-electron chi connectivity index (χ3n) is 4.52. The maximum atomic E-state index is 11.5. The molecule has 0 aromatic carbocycles. The summed E-state index contributed by atoms with van der Waals surface area (Å²) in [4.78, 5) is 7.15. The molecule has 0 saturated carbocycles. The molecule has 2 rings (SSSR count). The Balaban J connectivity index is 1.72. The molecule has 2 saturated heterocycles. The molecule has 1 unspecified atom stereocenters. The van der Waals surface area contributed by atoms with E-state index >= 15 is 0 Å². The second kappa shape index (κ2) is 9.47. The highest BCUT2D eigenvalue weighted by atomic mass is 32.2. The average Bonchev–Trinajstić information content (AvgIpc) is 2.71. The monoisotopic (exact) mass is 344 g/mol. The van der Waals surface area contributed by atoms with E-state index in [4.69, 9.17) is 0 Å². The van der Waals surface area contributed by atoms with E-state index in [0.29, 0.717) is 12.2 Å². The number of rotatable bonds is 6. The van der Waals surface area contributed by atoms with E-state index in [0.717, 1.165) is 32.0 Å². The second-order valence-electron chi connectivity index (χ2n) is 6.61. The van der Waals surface area contributed by atoms with Crippen LogP contribution in [0.25, 0.3) is 0 Å². The molecule has 0 amide bonds. The van der Waals surface area contributed by atoms with E-state index in [1.165, 1.54) is 38.8 Å². The molecule has 2 fully saturated rings. The fraction of sp³-hybridized carbons (Fsp3) is 0.938. The molecule has 0 radical (unpaired) electrons. The smallest absolute Gasteiger partial charge is 0.191 e. The number of hydrogen-bond acceptors (Lipinski definition) is 4. The summed E-state index contributed by atoms with van der Waals surface area (Å²) in [5.41, 5.74) is 0. The Labute approximate surface area is 141 Å². The van der Waals surface area contributed by atoms with Crippen LogP contribution in [-0.2, 0) is 9.84 Å². The van der Waals surface area contributed by atoms with Gasteiger partial charge in [0.15, 0.2) is 15.8 Å². The first-order chi connectivity index (χ1) is 11.1. The van der Waals surface area contributed by atoms with Gasteiger partial charge in [0.25, 0.3) is 0 Å². The summed E-state index contributed by atoms with van der Waals surface area (Å²) in [5, 5.41) is 6.48. The van der Waals surface area contributed by atoms with Crippen LogP contribution >= 0.6 is 0 Å². The minimum atomic E-state index is -2.85. The average molecular weight is 345 g/mol. The van der Waals surface area contributed by atoms with Gasteiger partial charge in [0.05, 0.1) is 11.5 Å². The van der Waals surface area contributed by atoms with Crippen molar-refractivity contribution in [2.75, 3.05) is 44.2 Å². The molecule has 0 aromatic heterocycles. The van der Waals surface area contributed by atoms with E-state index in [1.54, 1.807) is 0 Å². The fourth-order valence-corrected chi connectivity index (χ4v) is 4.94. The fourth-order valence-electron chi connectivity index (χ4n) is 3.27. The molecule has 2 N–H and O–H groups in total. The Hall–Kier alpha value is -0.820. The first kappa shape index (κ1) is 18.5. The van der Waals surface area contributed by atoms with Crippen LogP contribution in [-0.4, -0.2) is 69.5 Å². The number of sulfone groups is 1. The van der Waals surface area contributed by atoms with Gasteiger partial charge in [-0.1, -0.05) is 12.8 Å². The highest BCUT2D eigenvalue weighted by Crippen LogP contribution is 2.11. The van der Waals surface area contributed by atoms with Crippen molar-refractivity contribution in [1.29, 1.82) is 0 Å². The largest absolute Gasteiger partial charge is 0.357 e. The number of nitrogens with one attached hydrogen (secondary N) is 2. The van der Waals surface area contributed by atoms with E-state index < -0.39 is 9.84 Å². The third-order valence-corrected chi connectivity index (χ3v) is 6.29. The highest BCUT2D eigenvalue weighted by Gasteiger charge is 2.28. The number of nitrogens with zero attached hydrogens (tertiary/aromatic N) is 2. The predicted molar refractivity (Wildman–Crippen MR) is 95.7 cm³/mol. The van der Waals surface area contributed by atoms with Gasteiger partial charge in [-0.05, 0) is 52.2 Å². The maximum Gasteiger partial charge on any atom is 0.191 e. The van der Waals surface area contributed by atoms with Gasteiger partial charge in [-0.2, -0.15) is 0 Å². The first-order valence-corrected chi connectivity index (χ1v) is 10.9. The van der Waals surface area contributed by atoms with Crippen molar-refractivity contribution in [1.82, 2.24) is 15.5 Å². The van der Waals surface area contributed by atoms with Crippen LogP contribution in [0.2, 0.25) is 0 Å². The molecule has 2 aliphatic rings. The quantitative estimate of drug-likeness (QED) is 0.427. The molecule has 0 bridgehead atoms. The molecule has 6 nitrogen and oxygen atoms in total. The molecular formula is C16H32N4O2S. The van der Waals surface area contributed by atoms with Gasteiger partial charge < -0.3 is 15.5 Å². The lowest BCUT2D eigenvalue weighted by Gasteiger charge is -2.19. The van der Waals surface area contributed by atoms with Crippen LogP contribution in [0.5, 0.6) is 0 Å². The van der Waals surface area contributed by atoms with E-state index in [9.17, 15) is 8.42 Å². The lowest BCUT2D eigenvalue weighted by atomic mass is 10.2. The minimum absolute atomic E-state index is 0.00315. The van der Waals surface area contributed by atoms with Crippen LogP contribution in [0.3, 0.4) is 0 Å². The Kier molecular flexibility index (Phi) is 7.62. The zero-order valence-corrected chi connectivity index (χ0v) is 15.2. The number of hydrogen-bond donors (Lipinski definition) is 2. The summed E-state index contributed by atoms with van der Waals surface area (Å²) in [6.45, 7) is 7.16. The molecule has 0 spiro atoms. The van der Waals surface area contributed by atoms with Crippen LogP contribution in [0.1, 0.15) is 45.4 Å². The van der Waals surface area contributed by atoms with Crippen molar-refractivity contribution < 1.29 is 8.42 Å². The SMILES string of the molecule is CCNC(=NCCCN1CCCCCC1)NC1CCS(=O)(=O)C1. The molecule has 23 heavy (non-hydrogen) atoms. The van der Waals surface area contributed by atoms with Crippen molar-refractivity contribution in [3.05, 3.63) is 0 Å². The van der Waals surface area contributed by atoms with Crippen molar-refractivity contribution in [3.8, 4) is 0 Å². The van der Waals surface area contributed by atoms with Crippen LogP contribution in [0, 0.1) is 0 Å². The Morgan fingerprint density at radius 3 is 2.57 bits per heavy atom. The zero-order chi connectivity index (χ0) is 16.5. The van der Waals surface area contributed by atoms with E-state index in [2.05, 4.69) is 20.5 Å². The summed E-state index contributed by atoms with van der Waals surface area (Å²) in [7, 11) is -2.85. The van der Waals surface area contributed by atoms with Crippen molar-refractivity contribution in [2.45, 2.75) is 51.5 Å². The number of likely N-dealkylation sites (tertiary alicyclic amines) is 1. The summed E-state index contributed by atoms with van der Waals surface area (Å²) in [6.07, 6.45) is 7.12. The lowest BCUT2D eigenvalue weighted by molar-refractivity contribution is 0.283. The summed E-state index contributed by atoms with van der Waals surface area (Å²) in [6, 6.07) is 0.00315. The Morgan fingerprint density at radius 1 is 1.22 bits per heavy atom. The van der Waals surface area contributed by atoms with Gasteiger partial charge in [-0.25, -0.2) is 8.42 Å². The number of aliphatic imine (C=N–C) groups is 1. The maximum absolute atomic E-state index is 11.5. The van der Waals surface area contributed by atoms with Crippen LogP contribution < -0.4 is 10.6 Å². The van der Waals surface area contributed by atoms with Crippen LogP contribution in [0.15, 0.2) is 4.99 Å². The van der Waals surface area contributed by atoms with Gasteiger partial charge in [0.1, 0.15) is 0 Å². The van der Waals surface area contributed by atoms with Gasteiger partial charge in [-0.3, -0.25) is 4.99 Å². The van der Waals surface area contributed by atoms with Crippen LogP contribution in [0.4, 0.5) is 0 Å². The molecular weight excluding hydrogens is 312 g/mol. The lowest BCUT2D eigenvalue weighted by Crippen LogP contribution is -2.44. The molecule has 7 heteroatoms. The molecule has 134 valence electrons. The van der Waals surface area contributed by atoms with Gasteiger partial charge in [0, 0.05) is 19.1 Å². The topological polar surface area (TPSA) is 73.8 Å². The Bertz CT molecular complexity index is 470. The summed E-state index contributed by atoms with van der Waals surface area (Å²) >= 11 is 0. The highest BCUT2D eigenvalue weighted by molar-refractivity contribution is 7.91. The van der Waals surface area contributed by atoms with Gasteiger partial charge >= 0.3 is 0 Å². The number of guanidine groups is 1. The molecule has 2 heterocycles. The second-order valence-corrected chi connectivity index (χ2v) is 8.84. The summed E-state index contributed by atoms with van der Waals surface area (Å²) in [5.74, 6) is 1.27. The minimum Gasteiger partial charge on any atom is -0.357 e. The van der Waals surface area contributed by atoms with Crippen molar-refractivity contribution in [2.24, 2.45) is 4.99 Å². The third kappa shape index (κ3) is 7.08. The molecule has 0 aliphatic carbocycles. The van der Waals surface area contributed by atoms with Crippen molar-refractivity contribution >= 4 is 15.8 Å². The molecule has 2 aliphatic heterocycles. The molecule has 1 atom stereocenters. The van der Waals surface area contributed by atoms with Crippen molar-refractivity contribution in [3.63, 3.8) is 0 Å². The molecule has 0 aromatic rings. The van der Waals surface area contributed by atoms with E-state index in [-0.39, 0.29) is 11.8 Å². The van der Waals surface area contributed by atoms with Gasteiger partial charge in [0.2, 0.25) is 0 Å². The van der Waals surface area contributed by atoms with E-state index in [1.807, 2.05) is 6.92 Å².